The van der Waals surface area contributed by atoms with Gasteiger partial charge in [-0.3, -0.25) is 0 Å². The molecule has 3 nitrogen and oxygen atoms in total. The fourth-order valence-corrected chi connectivity index (χ4v) is 6.44. The highest BCUT2D eigenvalue weighted by Crippen LogP contribution is 2.45. The number of anilines is 3. The molecule has 0 amide bonds. The Bertz CT molecular complexity index is 2450. The van der Waals surface area contributed by atoms with E-state index in [1.54, 1.807) is 0 Å². The molecule has 0 aliphatic carbocycles. The van der Waals surface area contributed by atoms with Crippen LogP contribution in [-0.4, -0.2) is 0 Å². The number of benzene rings is 7. The number of rotatable bonds is 4. The van der Waals surface area contributed by atoms with E-state index in [1.165, 1.54) is 16.5 Å². The molecule has 7 aromatic carbocycles. The minimum atomic E-state index is 0.861. The summed E-state index contributed by atoms with van der Waals surface area (Å²) in [5, 5.41) is 6.69. The maximum Gasteiger partial charge on any atom is 0.143 e. The molecule has 0 radical (unpaired) electrons. The van der Waals surface area contributed by atoms with Crippen LogP contribution in [0.1, 0.15) is 0 Å². The zero-order chi connectivity index (χ0) is 28.3. The molecule has 0 unspecified atom stereocenters. The molecule has 9 rings (SSSR count). The zero-order valence-corrected chi connectivity index (χ0v) is 23.2. The van der Waals surface area contributed by atoms with Crippen molar-refractivity contribution in [1.29, 1.82) is 0 Å². The second-order valence-corrected chi connectivity index (χ2v) is 10.9. The summed E-state index contributed by atoms with van der Waals surface area (Å²) in [7, 11) is 0. The molecule has 9 aromatic rings. The molecule has 202 valence electrons. The van der Waals surface area contributed by atoms with Gasteiger partial charge >= 0.3 is 0 Å². The Hall–Kier alpha value is -5.80. The fourth-order valence-electron chi connectivity index (χ4n) is 6.44. The van der Waals surface area contributed by atoms with E-state index in [4.69, 9.17) is 8.83 Å². The number of fused-ring (bicyclic) bond motifs is 8. The number of hydrogen-bond acceptors (Lipinski definition) is 3. The predicted octanol–water partition coefficient (Wildman–Crippen LogP) is 11.8. The van der Waals surface area contributed by atoms with Gasteiger partial charge in [-0.15, -0.1) is 0 Å². The summed E-state index contributed by atoms with van der Waals surface area (Å²) in [4.78, 5) is 2.31. The minimum absolute atomic E-state index is 0.861. The normalized spacial score (nSPS) is 11.7. The van der Waals surface area contributed by atoms with Gasteiger partial charge in [0.2, 0.25) is 0 Å². The lowest BCUT2D eigenvalue weighted by Gasteiger charge is -2.26. The molecule has 2 aromatic heterocycles. The molecular formula is C40H25NO2. The van der Waals surface area contributed by atoms with Gasteiger partial charge < -0.3 is 13.7 Å². The van der Waals surface area contributed by atoms with E-state index in [1.807, 2.05) is 18.2 Å². The van der Waals surface area contributed by atoms with Crippen LogP contribution in [0.3, 0.4) is 0 Å². The predicted molar refractivity (Wildman–Crippen MR) is 179 cm³/mol. The van der Waals surface area contributed by atoms with Crippen molar-refractivity contribution in [3.63, 3.8) is 0 Å². The van der Waals surface area contributed by atoms with Gasteiger partial charge in [-0.05, 0) is 65.0 Å². The van der Waals surface area contributed by atoms with Crippen molar-refractivity contribution in [2.24, 2.45) is 0 Å². The van der Waals surface area contributed by atoms with Crippen LogP contribution in [-0.2, 0) is 0 Å². The Kier molecular flexibility index (Phi) is 5.20. The molecule has 2 heterocycles. The van der Waals surface area contributed by atoms with E-state index in [0.717, 1.165) is 66.3 Å². The molecule has 0 saturated heterocycles. The summed E-state index contributed by atoms with van der Waals surface area (Å²) in [5.74, 6) is 0. The minimum Gasteiger partial charge on any atom is -0.456 e. The average Bonchev–Trinajstić information content (AvgIpc) is 3.64. The van der Waals surface area contributed by atoms with Gasteiger partial charge in [0.05, 0.1) is 11.1 Å². The van der Waals surface area contributed by atoms with Crippen molar-refractivity contribution in [3.05, 3.63) is 152 Å². The highest BCUT2D eigenvalue weighted by Gasteiger charge is 2.21. The third kappa shape index (κ3) is 3.75. The first-order valence-corrected chi connectivity index (χ1v) is 14.5. The van der Waals surface area contributed by atoms with Gasteiger partial charge in [0, 0.05) is 39.0 Å². The van der Waals surface area contributed by atoms with E-state index in [-0.39, 0.29) is 0 Å². The highest BCUT2D eigenvalue weighted by molar-refractivity contribution is 6.19. The van der Waals surface area contributed by atoms with Crippen LogP contribution < -0.4 is 4.90 Å². The smallest absolute Gasteiger partial charge is 0.143 e. The molecule has 0 aliphatic rings. The largest absolute Gasteiger partial charge is 0.456 e. The van der Waals surface area contributed by atoms with Crippen molar-refractivity contribution in [2.75, 3.05) is 4.90 Å². The van der Waals surface area contributed by atoms with Crippen molar-refractivity contribution in [1.82, 2.24) is 0 Å². The van der Waals surface area contributed by atoms with Crippen LogP contribution >= 0.6 is 0 Å². The van der Waals surface area contributed by atoms with Gasteiger partial charge in [0.15, 0.2) is 0 Å². The third-order valence-corrected chi connectivity index (χ3v) is 8.46. The Balaban J connectivity index is 1.30. The Morgan fingerprint density at radius 2 is 1.07 bits per heavy atom. The first kappa shape index (κ1) is 23.9. The van der Waals surface area contributed by atoms with Crippen molar-refractivity contribution in [3.8, 4) is 11.1 Å². The fraction of sp³-hybridized carbons (Fsp3) is 0. The number of hydrogen-bond donors (Lipinski definition) is 0. The van der Waals surface area contributed by atoms with Gasteiger partial charge in [-0.1, -0.05) is 97.1 Å². The molecular weight excluding hydrogens is 526 g/mol. The topological polar surface area (TPSA) is 29.5 Å². The maximum atomic E-state index is 6.57. The highest BCUT2D eigenvalue weighted by atomic mass is 16.3. The monoisotopic (exact) mass is 551 g/mol. The molecule has 0 spiro atoms. The van der Waals surface area contributed by atoms with E-state index in [2.05, 4.69) is 138 Å². The van der Waals surface area contributed by atoms with Crippen molar-refractivity contribution >= 4 is 71.7 Å². The summed E-state index contributed by atoms with van der Waals surface area (Å²) in [6.07, 6.45) is 0. The molecule has 0 fully saturated rings. The van der Waals surface area contributed by atoms with Gasteiger partial charge in [0.1, 0.15) is 22.3 Å². The van der Waals surface area contributed by atoms with Gasteiger partial charge in [-0.2, -0.15) is 0 Å². The Morgan fingerprint density at radius 3 is 1.95 bits per heavy atom. The van der Waals surface area contributed by atoms with Crippen LogP contribution in [0, 0.1) is 0 Å². The Morgan fingerprint density at radius 1 is 0.395 bits per heavy atom. The summed E-state index contributed by atoms with van der Waals surface area (Å²) >= 11 is 0. The average molecular weight is 552 g/mol. The first-order valence-electron chi connectivity index (χ1n) is 14.5. The molecule has 3 heteroatoms. The second-order valence-electron chi connectivity index (χ2n) is 10.9. The number of nitrogens with zero attached hydrogens (tertiary/aromatic N) is 1. The SMILES string of the molecule is c1ccc(-c2ccc(N(c3ccc4c(c3)oc3ccccc34)c3cccc4oc5c6ccccc6ccc5c34)cc2)cc1. The molecule has 0 saturated carbocycles. The first-order chi connectivity index (χ1) is 21.3. The maximum absolute atomic E-state index is 6.57. The van der Waals surface area contributed by atoms with Crippen LogP contribution in [0.2, 0.25) is 0 Å². The van der Waals surface area contributed by atoms with Gasteiger partial charge in [-0.25, -0.2) is 0 Å². The zero-order valence-electron chi connectivity index (χ0n) is 23.2. The lowest BCUT2D eigenvalue weighted by molar-refractivity contribution is 0.669. The summed E-state index contributed by atoms with van der Waals surface area (Å²) in [6, 6.07) is 53.1. The van der Waals surface area contributed by atoms with E-state index < -0.39 is 0 Å². The van der Waals surface area contributed by atoms with Crippen molar-refractivity contribution in [2.45, 2.75) is 0 Å². The second kappa shape index (κ2) is 9.37. The molecule has 0 bridgehead atoms. The molecule has 0 N–H and O–H groups in total. The van der Waals surface area contributed by atoms with Gasteiger partial charge in [0.25, 0.3) is 0 Å². The quantitative estimate of drug-likeness (QED) is 0.218. The van der Waals surface area contributed by atoms with Crippen LogP contribution in [0.25, 0.3) is 65.8 Å². The molecule has 0 atom stereocenters. The lowest BCUT2D eigenvalue weighted by Crippen LogP contribution is -2.10. The summed E-state index contributed by atoms with van der Waals surface area (Å²) < 4.78 is 12.9. The summed E-state index contributed by atoms with van der Waals surface area (Å²) in [5.41, 5.74) is 9.01. The van der Waals surface area contributed by atoms with Crippen LogP contribution in [0.4, 0.5) is 17.1 Å². The third-order valence-electron chi connectivity index (χ3n) is 8.46. The van der Waals surface area contributed by atoms with E-state index in [0.29, 0.717) is 0 Å². The summed E-state index contributed by atoms with van der Waals surface area (Å²) in [6.45, 7) is 0. The van der Waals surface area contributed by atoms with E-state index in [9.17, 15) is 0 Å². The van der Waals surface area contributed by atoms with Crippen LogP contribution in [0.15, 0.2) is 160 Å². The lowest BCUT2D eigenvalue weighted by atomic mass is 10.0. The molecule has 43 heavy (non-hydrogen) atoms. The number of furan rings is 2. The standard InChI is InChI=1S/C40H25NO2/c1-2-9-26(10-3-1)27-17-20-29(21-18-27)41(30-22-24-33-32-13-6-7-15-36(32)42-38(33)25-30)35-14-8-16-37-39(35)34-23-19-28-11-4-5-12-31(28)40(34)43-37/h1-25H. The van der Waals surface area contributed by atoms with E-state index >= 15 is 0 Å². The van der Waals surface area contributed by atoms with Crippen LogP contribution in [0.5, 0.6) is 0 Å². The van der Waals surface area contributed by atoms with Crippen molar-refractivity contribution < 1.29 is 8.83 Å². The molecule has 0 aliphatic heterocycles. The number of para-hydroxylation sites is 1. The Labute approximate surface area is 247 Å².